The predicted molar refractivity (Wildman–Crippen MR) is 95.0 cm³/mol. The molecule has 0 aliphatic carbocycles. The van der Waals surface area contributed by atoms with Gasteiger partial charge in [0.05, 0.1) is 4.92 Å². The van der Waals surface area contributed by atoms with E-state index >= 15 is 0 Å². The predicted octanol–water partition coefficient (Wildman–Crippen LogP) is 4.32. The van der Waals surface area contributed by atoms with E-state index in [2.05, 4.69) is 31.2 Å². The Balaban J connectivity index is 1.76. The van der Waals surface area contributed by atoms with Gasteiger partial charge in [-0.1, -0.05) is 15.9 Å². The number of benzene rings is 1. The van der Waals surface area contributed by atoms with E-state index in [-0.39, 0.29) is 17.3 Å². The van der Waals surface area contributed by atoms with Crippen molar-refractivity contribution in [1.29, 1.82) is 0 Å². The lowest BCUT2D eigenvalue weighted by Gasteiger charge is -2.06. The second-order valence-corrected chi connectivity index (χ2v) is 6.64. The van der Waals surface area contributed by atoms with Gasteiger partial charge in [0.25, 0.3) is 0 Å². The molecule has 8 nitrogen and oxygen atoms in total. The van der Waals surface area contributed by atoms with Gasteiger partial charge >= 0.3 is 5.69 Å². The molecule has 0 radical (unpaired) electrons. The lowest BCUT2D eigenvalue weighted by atomic mass is 10.3. The van der Waals surface area contributed by atoms with Gasteiger partial charge in [0.2, 0.25) is 11.6 Å². The molecule has 0 aliphatic rings. The summed E-state index contributed by atoms with van der Waals surface area (Å²) in [5.41, 5.74) is 1.29. The van der Waals surface area contributed by atoms with Gasteiger partial charge < -0.3 is 4.74 Å². The summed E-state index contributed by atoms with van der Waals surface area (Å²) >= 11 is 4.75. The third-order valence-corrected chi connectivity index (χ3v) is 4.53. The summed E-state index contributed by atoms with van der Waals surface area (Å²) in [6.45, 7) is 0. The number of hydrogen-bond acceptors (Lipinski definition) is 7. The Labute approximate surface area is 153 Å². The van der Waals surface area contributed by atoms with Crippen LogP contribution in [0, 0.1) is 10.1 Å². The molecule has 124 valence electrons. The van der Waals surface area contributed by atoms with Crippen molar-refractivity contribution in [2.24, 2.45) is 0 Å². The number of halogens is 1. The van der Waals surface area contributed by atoms with E-state index in [1.165, 1.54) is 12.1 Å². The Hall–Kier alpha value is -2.85. The minimum Gasteiger partial charge on any atom is -0.430 e. The van der Waals surface area contributed by atoms with Crippen LogP contribution in [0.15, 0.2) is 51.6 Å². The lowest BCUT2D eigenvalue weighted by molar-refractivity contribution is -0.385. The molecule has 25 heavy (non-hydrogen) atoms. The maximum absolute atomic E-state index is 11.2. The van der Waals surface area contributed by atoms with Crippen molar-refractivity contribution in [1.82, 2.24) is 19.8 Å². The van der Waals surface area contributed by atoms with Crippen molar-refractivity contribution >= 4 is 38.6 Å². The van der Waals surface area contributed by atoms with Gasteiger partial charge in [-0.2, -0.15) is 15.9 Å². The summed E-state index contributed by atoms with van der Waals surface area (Å²) in [6, 6.07) is 9.75. The van der Waals surface area contributed by atoms with Crippen molar-refractivity contribution in [3.8, 4) is 23.0 Å². The van der Waals surface area contributed by atoms with E-state index in [9.17, 15) is 10.1 Å². The zero-order valence-electron chi connectivity index (χ0n) is 12.4. The van der Waals surface area contributed by atoms with Gasteiger partial charge in [-0.05, 0) is 29.6 Å². The highest BCUT2D eigenvalue weighted by molar-refractivity contribution is 9.10. The second kappa shape index (κ2) is 6.22. The molecule has 4 rings (SSSR count). The number of nitro benzene ring substituents is 1. The van der Waals surface area contributed by atoms with Crippen molar-refractivity contribution < 1.29 is 9.66 Å². The molecule has 3 heterocycles. The van der Waals surface area contributed by atoms with Crippen molar-refractivity contribution in [2.75, 3.05) is 0 Å². The molecule has 1 aromatic carbocycles. The van der Waals surface area contributed by atoms with Crippen LogP contribution in [0.2, 0.25) is 0 Å². The maximum atomic E-state index is 11.2. The molecule has 0 amide bonds. The molecule has 0 saturated carbocycles. The molecule has 3 aromatic heterocycles. The Morgan fingerprint density at radius 2 is 2.08 bits per heavy atom. The number of ether oxygens (including phenoxy) is 1. The Morgan fingerprint density at radius 3 is 2.84 bits per heavy atom. The van der Waals surface area contributed by atoms with Crippen molar-refractivity contribution in [3.05, 3.63) is 61.7 Å². The largest absolute Gasteiger partial charge is 0.430 e. The molecule has 0 fully saturated rings. The fourth-order valence-corrected chi connectivity index (χ4v) is 3.21. The van der Waals surface area contributed by atoms with Gasteiger partial charge in [-0.25, -0.2) is 0 Å². The van der Waals surface area contributed by atoms with Crippen LogP contribution in [-0.4, -0.2) is 24.7 Å². The molecule has 4 aromatic rings. The van der Waals surface area contributed by atoms with Crippen LogP contribution < -0.4 is 4.74 Å². The van der Waals surface area contributed by atoms with Crippen LogP contribution in [0.3, 0.4) is 0 Å². The topological polar surface area (TPSA) is 95.5 Å². The molecular weight excluding hydrogens is 410 g/mol. The number of aromatic nitrogens is 4. The second-order valence-electron chi connectivity index (χ2n) is 4.95. The molecule has 0 saturated heterocycles. The number of fused-ring (bicyclic) bond motifs is 1. The molecule has 0 aliphatic heterocycles. The molecule has 0 bridgehead atoms. The molecular formula is C15H8BrN5O3S. The number of rotatable bonds is 4. The van der Waals surface area contributed by atoms with Crippen LogP contribution in [0.25, 0.3) is 17.0 Å². The first-order valence-corrected chi connectivity index (χ1v) is 8.72. The number of nitrogens with zero attached hydrogens (tertiary/aromatic N) is 5. The van der Waals surface area contributed by atoms with Crippen LogP contribution in [-0.2, 0) is 0 Å². The van der Waals surface area contributed by atoms with E-state index in [0.717, 1.165) is 5.56 Å². The quantitative estimate of drug-likeness (QED) is 0.362. The summed E-state index contributed by atoms with van der Waals surface area (Å²) in [4.78, 5) is 10.7. The Bertz CT molecular complexity index is 1080. The van der Waals surface area contributed by atoms with Crippen LogP contribution in [0.4, 0.5) is 5.69 Å². The highest BCUT2D eigenvalue weighted by Gasteiger charge is 2.18. The van der Waals surface area contributed by atoms with Crippen LogP contribution in [0.5, 0.6) is 11.6 Å². The molecule has 0 spiro atoms. The minimum absolute atomic E-state index is 0.102. The Kier molecular flexibility index (Phi) is 3.90. The van der Waals surface area contributed by atoms with E-state index < -0.39 is 4.92 Å². The average molecular weight is 418 g/mol. The van der Waals surface area contributed by atoms with Crippen molar-refractivity contribution in [3.63, 3.8) is 0 Å². The first kappa shape index (κ1) is 15.7. The van der Waals surface area contributed by atoms with Gasteiger partial charge in [-0.15, -0.1) is 15.3 Å². The normalized spacial score (nSPS) is 10.9. The molecule has 0 N–H and O–H groups in total. The monoisotopic (exact) mass is 417 g/mol. The third-order valence-electron chi connectivity index (χ3n) is 3.35. The summed E-state index contributed by atoms with van der Waals surface area (Å²) in [5.74, 6) is 0.881. The fourth-order valence-electron chi connectivity index (χ4n) is 2.23. The highest BCUT2D eigenvalue weighted by Crippen LogP contribution is 2.33. The van der Waals surface area contributed by atoms with E-state index in [0.29, 0.717) is 15.9 Å². The lowest BCUT2D eigenvalue weighted by Crippen LogP contribution is -1.99. The number of nitro groups is 1. The smallest absolute Gasteiger partial charge is 0.312 e. The highest BCUT2D eigenvalue weighted by atomic mass is 79.9. The summed E-state index contributed by atoms with van der Waals surface area (Å²) in [7, 11) is 0. The van der Waals surface area contributed by atoms with Gasteiger partial charge in [0.15, 0.2) is 11.5 Å². The van der Waals surface area contributed by atoms with Crippen molar-refractivity contribution in [2.45, 2.75) is 0 Å². The van der Waals surface area contributed by atoms with Gasteiger partial charge in [-0.3, -0.25) is 10.1 Å². The maximum Gasteiger partial charge on any atom is 0.312 e. The summed E-state index contributed by atoms with van der Waals surface area (Å²) < 4.78 is 7.76. The average Bonchev–Trinajstić information content (AvgIpc) is 3.25. The van der Waals surface area contributed by atoms with Gasteiger partial charge in [0, 0.05) is 27.5 Å². The van der Waals surface area contributed by atoms with Crippen LogP contribution >= 0.6 is 27.3 Å². The van der Waals surface area contributed by atoms with E-state index in [1.54, 1.807) is 34.1 Å². The molecule has 0 unspecified atom stereocenters. The zero-order valence-corrected chi connectivity index (χ0v) is 14.8. The number of hydrogen-bond donors (Lipinski definition) is 0. The zero-order chi connectivity index (χ0) is 17.4. The van der Waals surface area contributed by atoms with Gasteiger partial charge in [0.1, 0.15) is 0 Å². The molecule has 0 atom stereocenters. The Morgan fingerprint density at radius 1 is 1.20 bits per heavy atom. The SMILES string of the molecule is O=[N+]([O-])c1cc(Br)ccc1Oc1ccc2nnc(-c3ccsc3)n2n1. The van der Waals surface area contributed by atoms with E-state index in [4.69, 9.17) is 4.74 Å². The third kappa shape index (κ3) is 2.96. The minimum atomic E-state index is -0.506. The fraction of sp³-hybridized carbons (Fsp3) is 0. The summed E-state index contributed by atoms with van der Waals surface area (Å²) in [6.07, 6.45) is 0. The van der Waals surface area contributed by atoms with E-state index in [1.807, 2.05) is 16.8 Å². The first-order chi connectivity index (χ1) is 12.1. The first-order valence-electron chi connectivity index (χ1n) is 6.98. The van der Waals surface area contributed by atoms with Crippen LogP contribution in [0.1, 0.15) is 0 Å². The summed E-state index contributed by atoms with van der Waals surface area (Å²) in [5, 5.41) is 27.6. The molecule has 10 heteroatoms. The number of thiophene rings is 1. The standard InChI is InChI=1S/C15H8BrN5O3S/c16-10-1-2-12(11(7-10)21(22)23)24-14-4-3-13-17-18-15(20(13)19-14)9-5-6-25-8-9/h1-8H.